The predicted molar refractivity (Wildman–Crippen MR) is 107 cm³/mol. The van der Waals surface area contributed by atoms with E-state index in [0.717, 1.165) is 15.8 Å². The van der Waals surface area contributed by atoms with Gasteiger partial charge in [-0.2, -0.15) is 0 Å². The molecule has 0 spiro atoms. The van der Waals surface area contributed by atoms with Crippen molar-refractivity contribution in [3.63, 3.8) is 0 Å². The van der Waals surface area contributed by atoms with Crippen LogP contribution in [0.2, 0.25) is 0 Å². The van der Waals surface area contributed by atoms with Crippen molar-refractivity contribution in [2.75, 3.05) is 13.7 Å². The van der Waals surface area contributed by atoms with Crippen molar-refractivity contribution < 1.29 is 9.53 Å². The zero-order valence-electron chi connectivity index (χ0n) is 14.7. The van der Waals surface area contributed by atoms with Crippen LogP contribution in [0.25, 0.3) is 11.3 Å². The molecule has 0 unspecified atom stereocenters. The number of rotatable bonds is 6. The molecule has 27 heavy (non-hydrogen) atoms. The van der Waals surface area contributed by atoms with Crippen molar-refractivity contribution in [1.82, 2.24) is 14.9 Å². The smallest absolute Gasteiger partial charge is 0.253 e. The first-order valence-electron chi connectivity index (χ1n) is 8.32. The summed E-state index contributed by atoms with van der Waals surface area (Å²) in [4.78, 5) is 28.8. The quantitative estimate of drug-likeness (QED) is 0.655. The molecule has 1 aromatic heterocycles. The van der Waals surface area contributed by atoms with E-state index in [2.05, 4.69) is 26.2 Å². The van der Waals surface area contributed by atoms with Gasteiger partial charge in [0.05, 0.1) is 24.7 Å². The van der Waals surface area contributed by atoms with Crippen LogP contribution in [0.1, 0.15) is 10.4 Å². The molecule has 3 aromatic rings. The molecule has 2 aromatic carbocycles. The van der Waals surface area contributed by atoms with Crippen LogP contribution in [0.3, 0.4) is 0 Å². The average molecular weight is 428 g/mol. The Morgan fingerprint density at radius 1 is 1.19 bits per heavy atom. The van der Waals surface area contributed by atoms with Gasteiger partial charge in [0.1, 0.15) is 5.75 Å². The number of nitrogens with zero attached hydrogens (tertiary/aromatic N) is 2. The molecule has 1 N–H and O–H groups in total. The van der Waals surface area contributed by atoms with Gasteiger partial charge < -0.3 is 10.1 Å². The van der Waals surface area contributed by atoms with E-state index >= 15 is 0 Å². The molecule has 0 aliphatic carbocycles. The number of nitrogens with one attached hydrogen (secondary N) is 1. The van der Waals surface area contributed by atoms with Gasteiger partial charge in [-0.25, -0.2) is 4.98 Å². The molecule has 1 heterocycles. The lowest BCUT2D eigenvalue weighted by Gasteiger charge is -2.09. The minimum Gasteiger partial charge on any atom is -0.497 e. The first-order valence-corrected chi connectivity index (χ1v) is 9.11. The molecule has 0 aliphatic heterocycles. The number of aromatic nitrogens is 2. The minimum absolute atomic E-state index is 0.175. The Bertz CT molecular complexity index is 1000. The molecule has 0 radical (unpaired) electrons. The molecular weight excluding hydrogens is 410 g/mol. The normalized spacial score (nSPS) is 10.4. The van der Waals surface area contributed by atoms with Gasteiger partial charge in [0, 0.05) is 29.2 Å². The number of hydrogen-bond acceptors (Lipinski definition) is 4. The SMILES string of the molecule is COc1ccc(-c2cc(=O)n(CCNC(=O)c3ccccc3Br)cn2)cc1. The zero-order chi connectivity index (χ0) is 19.2. The van der Waals surface area contributed by atoms with Crippen LogP contribution < -0.4 is 15.6 Å². The molecule has 6 nitrogen and oxygen atoms in total. The Hall–Kier alpha value is -2.93. The van der Waals surface area contributed by atoms with Gasteiger partial charge in [-0.1, -0.05) is 12.1 Å². The third-order valence-corrected chi connectivity index (χ3v) is 4.71. The maximum atomic E-state index is 12.3. The summed E-state index contributed by atoms with van der Waals surface area (Å²) in [6.45, 7) is 0.661. The lowest BCUT2D eigenvalue weighted by Crippen LogP contribution is -2.31. The zero-order valence-corrected chi connectivity index (χ0v) is 16.3. The molecule has 0 aliphatic rings. The first-order chi connectivity index (χ1) is 13.1. The topological polar surface area (TPSA) is 73.2 Å². The molecule has 1 amide bonds. The highest BCUT2D eigenvalue weighted by Gasteiger charge is 2.09. The molecule has 0 saturated carbocycles. The van der Waals surface area contributed by atoms with Crippen LogP contribution >= 0.6 is 15.9 Å². The highest BCUT2D eigenvalue weighted by Crippen LogP contribution is 2.19. The number of amides is 1. The number of benzene rings is 2. The summed E-state index contributed by atoms with van der Waals surface area (Å²) in [6, 6.07) is 16.0. The highest BCUT2D eigenvalue weighted by molar-refractivity contribution is 9.10. The number of halogens is 1. The van der Waals surface area contributed by atoms with Crippen LogP contribution in [0, 0.1) is 0 Å². The van der Waals surface area contributed by atoms with Crippen molar-refractivity contribution in [1.29, 1.82) is 0 Å². The Balaban J connectivity index is 1.63. The third-order valence-electron chi connectivity index (χ3n) is 4.02. The monoisotopic (exact) mass is 427 g/mol. The Kier molecular flexibility index (Phi) is 6.03. The molecule has 3 rings (SSSR count). The standard InChI is InChI=1S/C20H18BrN3O3/c1-27-15-8-6-14(7-9-15)18-12-19(25)24(13-23-18)11-10-22-20(26)16-4-2-3-5-17(16)21/h2-9,12-13H,10-11H2,1H3,(H,22,26). The lowest BCUT2D eigenvalue weighted by molar-refractivity contribution is 0.0951. The number of carbonyl (C=O) groups is 1. The predicted octanol–water partition coefficient (Wildman–Crippen LogP) is 3.11. The first kappa shape index (κ1) is 18.8. The van der Waals surface area contributed by atoms with Gasteiger partial charge in [0.2, 0.25) is 0 Å². The minimum atomic E-state index is -0.196. The van der Waals surface area contributed by atoms with Gasteiger partial charge in [0.25, 0.3) is 11.5 Å². The molecule has 0 fully saturated rings. The number of ether oxygens (including phenoxy) is 1. The van der Waals surface area contributed by atoms with Crippen molar-refractivity contribution in [3.8, 4) is 17.0 Å². The van der Waals surface area contributed by atoms with E-state index in [0.29, 0.717) is 24.3 Å². The number of hydrogen-bond donors (Lipinski definition) is 1. The molecule has 7 heteroatoms. The van der Waals surface area contributed by atoms with Crippen LogP contribution in [-0.4, -0.2) is 29.1 Å². The second kappa shape index (κ2) is 8.64. The van der Waals surface area contributed by atoms with E-state index in [4.69, 9.17) is 4.74 Å². The second-order valence-corrected chi connectivity index (χ2v) is 6.62. The Labute approximate surface area is 165 Å². The summed E-state index contributed by atoms with van der Waals surface area (Å²) in [7, 11) is 1.60. The molecule has 138 valence electrons. The fraction of sp³-hybridized carbons (Fsp3) is 0.150. The van der Waals surface area contributed by atoms with Gasteiger partial charge >= 0.3 is 0 Å². The number of carbonyl (C=O) groups excluding carboxylic acids is 1. The summed E-state index contributed by atoms with van der Waals surface area (Å²) in [5.74, 6) is 0.547. The maximum Gasteiger partial charge on any atom is 0.253 e. The Morgan fingerprint density at radius 2 is 1.93 bits per heavy atom. The fourth-order valence-electron chi connectivity index (χ4n) is 2.54. The van der Waals surface area contributed by atoms with Crippen LogP contribution in [0.15, 0.2) is 70.2 Å². The van der Waals surface area contributed by atoms with Crippen LogP contribution in [0.4, 0.5) is 0 Å². The highest BCUT2D eigenvalue weighted by atomic mass is 79.9. The van der Waals surface area contributed by atoms with Crippen LogP contribution in [0.5, 0.6) is 5.75 Å². The summed E-state index contributed by atoms with van der Waals surface area (Å²) in [6.07, 6.45) is 1.49. The van der Waals surface area contributed by atoms with Gasteiger partial charge in [-0.3, -0.25) is 14.2 Å². The Morgan fingerprint density at radius 3 is 2.59 bits per heavy atom. The van der Waals surface area contributed by atoms with E-state index in [1.807, 2.05) is 30.3 Å². The summed E-state index contributed by atoms with van der Waals surface area (Å²) in [5, 5.41) is 2.80. The fourth-order valence-corrected chi connectivity index (χ4v) is 3.01. The molecule has 0 bridgehead atoms. The summed E-state index contributed by atoms with van der Waals surface area (Å²) >= 11 is 3.35. The van der Waals surface area contributed by atoms with Crippen molar-refractivity contribution in [2.45, 2.75) is 6.54 Å². The van der Waals surface area contributed by atoms with Crippen molar-refractivity contribution in [3.05, 3.63) is 81.3 Å². The summed E-state index contributed by atoms with van der Waals surface area (Å²) < 4.78 is 7.32. The average Bonchev–Trinajstić information content (AvgIpc) is 2.69. The van der Waals surface area contributed by atoms with Gasteiger partial charge in [-0.15, -0.1) is 0 Å². The lowest BCUT2D eigenvalue weighted by atomic mass is 10.1. The van der Waals surface area contributed by atoms with Gasteiger partial charge in [0.15, 0.2) is 0 Å². The largest absolute Gasteiger partial charge is 0.497 e. The second-order valence-electron chi connectivity index (χ2n) is 5.77. The van der Waals surface area contributed by atoms with Gasteiger partial charge in [-0.05, 0) is 52.3 Å². The van der Waals surface area contributed by atoms with E-state index in [9.17, 15) is 9.59 Å². The summed E-state index contributed by atoms with van der Waals surface area (Å²) in [5.41, 5.74) is 1.81. The van der Waals surface area contributed by atoms with E-state index < -0.39 is 0 Å². The third kappa shape index (κ3) is 4.62. The van der Waals surface area contributed by atoms with Crippen molar-refractivity contribution in [2.24, 2.45) is 0 Å². The molecular formula is C20H18BrN3O3. The van der Waals surface area contributed by atoms with E-state index in [1.165, 1.54) is 17.0 Å². The molecule has 0 atom stereocenters. The molecule has 0 saturated heterocycles. The maximum absolute atomic E-state index is 12.3. The van der Waals surface area contributed by atoms with E-state index in [-0.39, 0.29) is 11.5 Å². The number of methoxy groups -OCH3 is 1. The van der Waals surface area contributed by atoms with Crippen molar-refractivity contribution >= 4 is 21.8 Å². The van der Waals surface area contributed by atoms with Crippen LogP contribution in [-0.2, 0) is 6.54 Å². The van der Waals surface area contributed by atoms with E-state index in [1.54, 1.807) is 25.3 Å².